The van der Waals surface area contributed by atoms with Crippen LogP contribution < -0.4 is 0 Å². The lowest BCUT2D eigenvalue weighted by Crippen LogP contribution is -2.17. The second kappa shape index (κ2) is 7.08. The maximum atomic E-state index is 13.3. The van der Waals surface area contributed by atoms with Crippen molar-refractivity contribution >= 4 is 37.7 Å². The number of H-pyrrole nitrogens is 1. The molecule has 0 fully saturated rings. The molecule has 4 rings (SSSR count). The number of hydrogen-bond acceptors (Lipinski definition) is 4. The van der Waals surface area contributed by atoms with E-state index >= 15 is 0 Å². The molecule has 0 saturated heterocycles. The maximum Gasteiger partial charge on any atom is 0.419 e. The smallest absolute Gasteiger partial charge is 0.419 e. The van der Waals surface area contributed by atoms with Gasteiger partial charge >= 0.3 is 6.09 Å². The zero-order chi connectivity index (χ0) is 20.8. The number of sulfone groups is 1. The second-order valence-corrected chi connectivity index (χ2v) is 9.41. The standard InChI is InChI=1S/C22H22N2O4S/c1-14(2)13-28-22(25)24-19-7-5-4-6-17(19)18-12-23-21(20(18)24)29(26,27)16-10-8-15(3)9-11-16/h4-12,14,23H,13H2,1-3H3. The predicted octanol–water partition coefficient (Wildman–Crippen LogP) is 4.90. The number of fused-ring (bicyclic) bond motifs is 3. The molecule has 6 nitrogen and oxygen atoms in total. The van der Waals surface area contributed by atoms with Crippen molar-refractivity contribution in [2.45, 2.75) is 30.7 Å². The monoisotopic (exact) mass is 410 g/mol. The fraction of sp³-hybridized carbons (Fsp3) is 0.227. The molecule has 0 bridgehead atoms. The Bertz CT molecular complexity index is 1310. The third-order valence-electron chi connectivity index (χ3n) is 4.80. The first-order valence-corrected chi connectivity index (χ1v) is 10.9. The fourth-order valence-corrected chi connectivity index (χ4v) is 4.77. The zero-order valence-corrected chi connectivity index (χ0v) is 17.3. The first-order chi connectivity index (χ1) is 13.8. The van der Waals surface area contributed by atoms with Crippen molar-refractivity contribution in [3.63, 3.8) is 0 Å². The maximum absolute atomic E-state index is 13.3. The van der Waals surface area contributed by atoms with Gasteiger partial charge in [0.2, 0.25) is 9.84 Å². The largest absolute Gasteiger partial charge is 0.449 e. The summed E-state index contributed by atoms with van der Waals surface area (Å²) in [6, 6.07) is 14.0. The van der Waals surface area contributed by atoms with Crippen LogP contribution in [0.4, 0.5) is 4.79 Å². The van der Waals surface area contributed by atoms with Crippen molar-refractivity contribution in [2.75, 3.05) is 6.61 Å². The van der Waals surface area contributed by atoms with Gasteiger partial charge in [-0.05, 0) is 31.0 Å². The Morgan fingerprint density at radius 2 is 1.76 bits per heavy atom. The van der Waals surface area contributed by atoms with Crippen LogP contribution in [0.5, 0.6) is 0 Å². The molecular weight excluding hydrogens is 388 g/mol. The van der Waals surface area contributed by atoms with Gasteiger partial charge in [0.25, 0.3) is 0 Å². The number of para-hydroxylation sites is 1. The normalized spacial score (nSPS) is 12.1. The summed E-state index contributed by atoms with van der Waals surface area (Å²) in [7, 11) is -3.86. The Kier molecular flexibility index (Phi) is 4.70. The van der Waals surface area contributed by atoms with Gasteiger partial charge in [0.1, 0.15) is 0 Å². The number of rotatable bonds is 4. The molecule has 0 spiro atoms. The average Bonchev–Trinajstić information content (AvgIpc) is 3.25. The minimum absolute atomic E-state index is 0.0194. The number of aromatic nitrogens is 2. The van der Waals surface area contributed by atoms with Crippen LogP contribution in [0, 0.1) is 12.8 Å². The lowest BCUT2D eigenvalue weighted by molar-refractivity contribution is 0.136. The molecule has 0 aliphatic heterocycles. The molecule has 7 heteroatoms. The number of ether oxygens (including phenoxy) is 1. The van der Waals surface area contributed by atoms with Crippen LogP contribution in [0.25, 0.3) is 21.8 Å². The highest BCUT2D eigenvalue weighted by Crippen LogP contribution is 2.35. The topological polar surface area (TPSA) is 81.2 Å². The third kappa shape index (κ3) is 3.21. The van der Waals surface area contributed by atoms with E-state index in [1.54, 1.807) is 36.5 Å². The molecule has 29 heavy (non-hydrogen) atoms. The average molecular weight is 410 g/mol. The summed E-state index contributed by atoms with van der Waals surface area (Å²) >= 11 is 0. The molecule has 4 aromatic rings. The highest BCUT2D eigenvalue weighted by molar-refractivity contribution is 7.91. The molecule has 150 valence electrons. The Labute approximate surface area is 169 Å². The van der Waals surface area contributed by atoms with Gasteiger partial charge in [-0.2, -0.15) is 0 Å². The Morgan fingerprint density at radius 1 is 1.07 bits per heavy atom. The third-order valence-corrected chi connectivity index (χ3v) is 6.54. The lowest BCUT2D eigenvalue weighted by Gasteiger charge is -2.11. The van der Waals surface area contributed by atoms with Crippen molar-refractivity contribution in [3.05, 3.63) is 60.3 Å². The van der Waals surface area contributed by atoms with Crippen molar-refractivity contribution in [2.24, 2.45) is 5.92 Å². The summed E-state index contributed by atoms with van der Waals surface area (Å²) < 4.78 is 33.5. The minimum atomic E-state index is -3.86. The number of hydrogen-bond donors (Lipinski definition) is 1. The number of benzene rings is 2. The quantitative estimate of drug-likeness (QED) is 0.519. The van der Waals surface area contributed by atoms with E-state index in [9.17, 15) is 13.2 Å². The van der Waals surface area contributed by atoms with Crippen molar-refractivity contribution < 1.29 is 17.9 Å². The van der Waals surface area contributed by atoms with Crippen LogP contribution in [0.1, 0.15) is 19.4 Å². The van der Waals surface area contributed by atoms with Gasteiger partial charge < -0.3 is 9.72 Å². The van der Waals surface area contributed by atoms with Crippen molar-refractivity contribution in [1.29, 1.82) is 0 Å². The van der Waals surface area contributed by atoms with E-state index in [-0.39, 0.29) is 22.4 Å². The van der Waals surface area contributed by atoms with E-state index in [0.29, 0.717) is 16.4 Å². The Morgan fingerprint density at radius 3 is 2.45 bits per heavy atom. The van der Waals surface area contributed by atoms with Gasteiger partial charge in [0.05, 0.1) is 22.5 Å². The molecule has 2 heterocycles. The molecule has 2 aromatic carbocycles. The number of carbonyl (C=O) groups is 1. The molecular formula is C22H22N2O4S. The number of nitrogens with one attached hydrogen (secondary N) is 1. The lowest BCUT2D eigenvalue weighted by atomic mass is 10.2. The van der Waals surface area contributed by atoms with Gasteiger partial charge in [-0.3, -0.25) is 0 Å². The first-order valence-electron chi connectivity index (χ1n) is 9.40. The van der Waals surface area contributed by atoms with Gasteiger partial charge in [-0.25, -0.2) is 17.8 Å². The molecule has 1 N–H and O–H groups in total. The van der Waals surface area contributed by atoms with Crippen LogP contribution in [0.3, 0.4) is 0 Å². The number of aromatic amines is 1. The first kappa shape index (κ1) is 19.3. The molecule has 0 amide bonds. The van der Waals surface area contributed by atoms with E-state index < -0.39 is 15.9 Å². The van der Waals surface area contributed by atoms with Crippen LogP contribution in [-0.2, 0) is 14.6 Å². The Balaban J connectivity index is 1.97. The summed E-state index contributed by atoms with van der Waals surface area (Å²) in [4.78, 5) is 16.0. The zero-order valence-electron chi connectivity index (χ0n) is 16.5. The minimum Gasteiger partial charge on any atom is -0.449 e. The van der Waals surface area contributed by atoms with E-state index in [4.69, 9.17) is 4.74 Å². The van der Waals surface area contributed by atoms with Gasteiger partial charge in [0.15, 0.2) is 5.03 Å². The molecule has 0 saturated carbocycles. The Hall–Kier alpha value is -3.06. The van der Waals surface area contributed by atoms with Crippen LogP contribution in [-0.4, -0.2) is 30.7 Å². The van der Waals surface area contributed by atoms with E-state index in [2.05, 4.69) is 4.98 Å². The number of aryl methyl sites for hydroxylation is 1. The predicted molar refractivity (Wildman–Crippen MR) is 112 cm³/mol. The van der Waals surface area contributed by atoms with Crippen LogP contribution in [0.15, 0.2) is 64.6 Å². The SMILES string of the molecule is Cc1ccc(S(=O)(=O)c2[nH]cc3c4ccccc4n(C(=O)OCC(C)C)c23)cc1. The molecule has 0 unspecified atom stereocenters. The van der Waals surface area contributed by atoms with Crippen LogP contribution >= 0.6 is 0 Å². The summed E-state index contributed by atoms with van der Waals surface area (Å²) in [5.41, 5.74) is 1.88. The van der Waals surface area contributed by atoms with Gasteiger partial charge in [-0.1, -0.05) is 49.7 Å². The summed E-state index contributed by atoms with van der Waals surface area (Å²) in [6.07, 6.45) is 1.04. The summed E-state index contributed by atoms with van der Waals surface area (Å²) in [5, 5.41) is 1.42. The van der Waals surface area contributed by atoms with E-state index in [0.717, 1.165) is 10.9 Å². The molecule has 2 aromatic heterocycles. The van der Waals surface area contributed by atoms with Crippen molar-refractivity contribution in [1.82, 2.24) is 9.55 Å². The van der Waals surface area contributed by atoms with E-state index in [1.165, 1.54) is 4.57 Å². The second-order valence-electron chi connectivity index (χ2n) is 7.52. The molecule has 0 aliphatic rings. The van der Waals surface area contributed by atoms with E-state index in [1.807, 2.05) is 39.0 Å². The number of carbonyl (C=O) groups excluding carboxylic acids is 1. The van der Waals surface area contributed by atoms with Crippen LogP contribution in [0.2, 0.25) is 0 Å². The van der Waals surface area contributed by atoms with Gasteiger partial charge in [0, 0.05) is 17.0 Å². The highest BCUT2D eigenvalue weighted by atomic mass is 32.2. The summed E-state index contributed by atoms with van der Waals surface area (Å²) in [5.74, 6) is 0.165. The number of nitrogens with zero attached hydrogens (tertiary/aromatic N) is 1. The molecule has 0 radical (unpaired) electrons. The fourth-order valence-electron chi connectivity index (χ4n) is 3.37. The molecule has 0 atom stereocenters. The van der Waals surface area contributed by atoms with Gasteiger partial charge in [-0.15, -0.1) is 0 Å². The molecule has 0 aliphatic carbocycles. The summed E-state index contributed by atoms with van der Waals surface area (Å²) in [6.45, 7) is 6.03. The van der Waals surface area contributed by atoms with Crippen molar-refractivity contribution in [3.8, 4) is 0 Å². The highest BCUT2D eigenvalue weighted by Gasteiger charge is 2.28.